The van der Waals surface area contributed by atoms with E-state index in [0.29, 0.717) is 5.02 Å². The number of halogens is 4. The van der Waals surface area contributed by atoms with E-state index in [9.17, 15) is 21.6 Å². The molecule has 2 aromatic carbocycles. The van der Waals surface area contributed by atoms with E-state index in [-0.39, 0.29) is 15.7 Å². The number of hydrazine groups is 1. The SMILES string of the molecule is O=S(=O)(NNC(=S)Nc1cccc(C(F)(F)F)c1)c1ccc(Cl)cc1. The molecule has 0 heterocycles. The molecule has 5 nitrogen and oxygen atoms in total. The lowest BCUT2D eigenvalue weighted by Gasteiger charge is -2.13. The van der Waals surface area contributed by atoms with Crippen molar-refractivity contribution in [3.05, 3.63) is 59.1 Å². The molecule has 0 spiro atoms. The van der Waals surface area contributed by atoms with Gasteiger partial charge in [0.05, 0.1) is 10.5 Å². The van der Waals surface area contributed by atoms with Crippen molar-refractivity contribution >= 4 is 44.6 Å². The van der Waals surface area contributed by atoms with Crippen LogP contribution in [0.4, 0.5) is 18.9 Å². The van der Waals surface area contributed by atoms with Gasteiger partial charge in [-0.3, -0.25) is 5.43 Å². The van der Waals surface area contributed by atoms with Gasteiger partial charge in [0.1, 0.15) is 0 Å². The lowest BCUT2D eigenvalue weighted by Crippen LogP contribution is -2.43. The Labute approximate surface area is 152 Å². The summed E-state index contributed by atoms with van der Waals surface area (Å²) in [6.45, 7) is 0. The molecule has 0 aliphatic rings. The topological polar surface area (TPSA) is 70.2 Å². The number of rotatable bonds is 4. The van der Waals surface area contributed by atoms with Gasteiger partial charge in [-0.15, -0.1) is 4.83 Å². The smallest absolute Gasteiger partial charge is 0.332 e. The fourth-order valence-electron chi connectivity index (χ4n) is 1.72. The lowest BCUT2D eigenvalue weighted by molar-refractivity contribution is -0.137. The van der Waals surface area contributed by atoms with Crippen molar-refractivity contribution in [2.24, 2.45) is 0 Å². The summed E-state index contributed by atoms with van der Waals surface area (Å²) in [6.07, 6.45) is -4.50. The van der Waals surface area contributed by atoms with Crippen molar-refractivity contribution in [3.8, 4) is 0 Å². The third-order valence-corrected chi connectivity index (χ3v) is 4.59. The maximum absolute atomic E-state index is 12.6. The molecule has 0 fully saturated rings. The van der Waals surface area contributed by atoms with Gasteiger partial charge in [0.25, 0.3) is 10.0 Å². The molecule has 0 saturated heterocycles. The molecule has 11 heteroatoms. The Morgan fingerprint density at radius 1 is 1.08 bits per heavy atom. The van der Waals surface area contributed by atoms with Gasteiger partial charge < -0.3 is 5.32 Å². The second kappa shape index (κ2) is 7.56. The maximum atomic E-state index is 12.6. The van der Waals surface area contributed by atoms with E-state index in [1.54, 1.807) is 0 Å². The Bertz CT molecular complexity index is 872. The van der Waals surface area contributed by atoms with Crippen molar-refractivity contribution < 1.29 is 21.6 Å². The lowest BCUT2D eigenvalue weighted by atomic mass is 10.2. The molecular formula is C14H11ClF3N3O2S2. The molecule has 134 valence electrons. The Morgan fingerprint density at radius 2 is 1.72 bits per heavy atom. The Hall–Kier alpha value is -1.88. The van der Waals surface area contributed by atoms with Gasteiger partial charge in [-0.25, -0.2) is 8.42 Å². The maximum Gasteiger partial charge on any atom is 0.416 e. The zero-order valence-corrected chi connectivity index (χ0v) is 14.7. The van der Waals surface area contributed by atoms with Crippen LogP contribution in [0.5, 0.6) is 0 Å². The van der Waals surface area contributed by atoms with Crippen LogP contribution >= 0.6 is 23.8 Å². The standard InChI is InChI=1S/C14H11ClF3N3O2S2/c15-10-4-6-12(7-5-10)25(22,23)21-20-13(24)19-11-3-1-2-9(8-11)14(16,17)18/h1-8,21H,(H2,19,20,24). The van der Waals surface area contributed by atoms with Gasteiger partial charge in [-0.05, 0) is 54.7 Å². The minimum atomic E-state index is -4.50. The van der Waals surface area contributed by atoms with Crippen molar-refractivity contribution in [1.29, 1.82) is 0 Å². The van der Waals surface area contributed by atoms with Crippen LogP contribution in [-0.2, 0) is 16.2 Å². The molecule has 0 saturated carbocycles. The van der Waals surface area contributed by atoms with Crippen LogP contribution in [0.25, 0.3) is 0 Å². The molecule has 0 aromatic heterocycles. The van der Waals surface area contributed by atoms with Gasteiger partial charge in [0, 0.05) is 10.7 Å². The molecule has 0 unspecified atom stereocenters. The fourth-order valence-corrected chi connectivity index (χ4v) is 2.93. The highest BCUT2D eigenvalue weighted by Gasteiger charge is 2.30. The fraction of sp³-hybridized carbons (Fsp3) is 0.0714. The predicted molar refractivity (Wildman–Crippen MR) is 92.6 cm³/mol. The van der Waals surface area contributed by atoms with Crippen LogP contribution in [0.1, 0.15) is 5.56 Å². The Balaban J connectivity index is 2.00. The molecule has 2 aromatic rings. The molecule has 0 radical (unpaired) electrons. The van der Waals surface area contributed by atoms with Gasteiger partial charge in [0.2, 0.25) is 0 Å². The summed E-state index contributed by atoms with van der Waals surface area (Å²) in [4.78, 5) is 1.95. The first-order valence-electron chi connectivity index (χ1n) is 6.59. The van der Waals surface area contributed by atoms with Crippen LogP contribution in [0.3, 0.4) is 0 Å². The average molecular weight is 410 g/mol. The van der Waals surface area contributed by atoms with E-state index in [1.807, 2.05) is 4.83 Å². The number of sulfonamides is 1. The summed E-state index contributed by atoms with van der Waals surface area (Å²) < 4.78 is 62.0. The van der Waals surface area contributed by atoms with Gasteiger partial charge in [-0.2, -0.15) is 13.2 Å². The minimum Gasteiger partial charge on any atom is -0.332 e. The summed E-state index contributed by atoms with van der Waals surface area (Å²) >= 11 is 10.5. The first kappa shape index (κ1) is 19.4. The molecule has 0 bridgehead atoms. The number of thiocarbonyl (C=S) groups is 1. The normalized spacial score (nSPS) is 11.8. The third-order valence-electron chi connectivity index (χ3n) is 2.87. The Morgan fingerprint density at radius 3 is 2.32 bits per heavy atom. The molecule has 0 aliphatic heterocycles. The summed E-state index contributed by atoms with van der Waals surface area (Å²) in [5.41, 5.74) is 1.41. The van der Waals surface area contributed by atoms with E-state index < -0.39 is 21.8 Å². The van der Waals surface area contributed by atoms with E-state index in [2.05, 4.69) is 10.7 Å². The molecule has 0 atom stereocenters. The van der Waals surface area contributed by atoms with E-state index in [4.69, 9.17) is 23.8 Å². The molecule has 0 aliphatic carbocycles. The van der Waals surface area contributed by atoms with Crippen LogP contribution in [0.15, 0.2) is 53.4 Å². The van der Waals surface area contributed by atoms with Crippen molar-refractivity contribution in [2.75, 3.05) is 5.32 Å². The summed E-state index contributed by atoms with van der Waals surface area (Å²) in [5.74, 6) is 0. The van der Waals surface area contributed by atoms with Crippen molar-refractivity contribution in [3.63, 3.8) is 0 Å². The zero-order valence-electron chi connectivity index (χ0n) is 12.3. The first-order valence-corrected chi connectivity index (χ1v) is 8.86. The largest absolute Gasteiger partial charge is 0.416 e. The van der Waals surface area contributed by atoms with Gasteiger partial charge >= 0.3 is 6.18 Å². The highest BCUT2D eigenvalue weighted by atomic mass is 35.5. The third kappa shape index (κ3) is 5.56. The predicted octanol–water partition coefficient (Wildman–Crippen LogP) is 3.54. The number of anilines is 1. The van der Waals surface area contributed by atoms with Gasteiger partial charge in [-0.1, -0.05) is 17.7 Å². The molecule has 3 N–H and O–H groups in total. The van der Waals surface area contributed by atoms with Crippen LogP contribution in [-0.4, -0.2) is 13.5 Å². The molecule has 25 heavy (non-hydrogen) atoms. The number of hydrogen-bond donors (Lipinski definition) is 3. The summed E-state index contributed by atoms with van der Waals surface area (Å²) in [7, 11) is -3.92. The van der Waals surface area contributed by atoms with Crippen molar-refractivity contribution in [2.45, 2.75) is 11.1 Å². The van der Waals surface area contributed by atoms with Crippen LogP contribution in [0.2, 0.25) is 5.02 Å². The highest BCUT2D eigenvalue weighted by Crippen LogP contribution is 2.30. The van der Waals surface area contributed by atoms with Crippen molar-refractivity contribution in [1.82, 2.24) is 10.3 Å². The van der Waals surface area contributed by atoms with Crippen LogP contribution < -0.4 is 15.6 Å². The average Bonchev–Trinajstić information content (AvgIpc) is 2.53. The molecule has 0 amide bonds. The summed E-state index contributed by atoms with van der Waals surface area (Å²) in [6, 6.07) is 9.69. The monoisotopic (exact) mass is 409 g/mol. The van der Waals surface area contributed by atoms with E-state index in [1.165, 1.54) is 36.4 Å². The number of nitrogens with one attached hydrogen (secondary N) is 3. The molecular weight excluding hydrogens is 399 g/mol. The van der Waals surface area contributed by atoms with Crippen LogP contribution in [0, 0.1) is 0 Å². The zero-order chi connectivity index (χ0) is 18.7. The number of alkyl halides is 3. The van der Waals surface area contributed by atoms with E-state index in [0.717, 1.165) is 12.1 Å². The summed E-state index contributed by atoms with van der Waals surface area (Å²) in [5, 5.41) is 2.60. The first-order chi connectivity index (χ1) is 11.6. The molecule has 2 rings (SSSR count). The number of benzene rings is 2. The highest BCUT2D eigenvalue weighted by molar-refractivity contribution is 7.89. The number of hydrogen-bond acceptors (Lipinski definition) is 3. The second-order valence-electron chi connectivity index (χ2n) is 4.72. The Kier molecular flexibility index (Phi) is 5.88. The van der Waals surface area contributed by atoms with Gasteiger partial charge in [0.15, 0.2) is 5.11 Å². The quantitative estimate of drug-likeness (QED) is 0.532. The second-order valence-corrected chi connectivity index (χ2v) is 7.24. The van der Waals surface area contributed by atoms with E-state index >= 15 is 0 Å². The minimum absolute atomic E-state index is 0.0537.